The third kappa shape index (κ3) is 4.78. The van der Waals surface area contributed by atoms with Crippen molar-refractivity contribution in [2.75, 3.05) is 4.90 Å². The quantitative estimate of drug-likeness (QED) is 0.177. The van der Waals surface area contributed by atoms with Gasteiger partial charge in [0.05, 0.1) is 0 Å². The van der Waals surface area contributed by atoms with Crippen LogP contribution >= 0.6 is 0 Å². The molecule has 0 amide bonds. The van der Waals surface area contributed by atoms with Crippen LogP contribution in [0.15, 0.2) is 195 Å². The lowest BCUT2D eigenvalue weighted by Crippen LogP contribution is -2.10. The molecule has 0 fully saturated rings. The van der Waals surface area contributed by atoms with Crippen LogP contribution in [0.2, 0.25) is 0 Å². The number of hydrogen-bond acceptors (Lipinski definition) is 5. The van der Waals surface area contributed by atoms with Crippen molar-refractivity contribution < 1.29 is 13.3 Å². The highest BCUT2D eigenvalue weighted by molar-refractivity contribution is 6.16. The van der Waals surface area contributed by atoms with Gasteiger partial charge in [-0.3, -0.25) is 0 Å². The zero-order chi connectivity index (χ0) is 36.7. The lowest BCUT2D eigenvalue weighted by Gasteiger charge is -2.26. The SMILES string of the molecule is c1ccc(-c2cccc(N(c3ccc4c(c3)oc3cccc(-c5nc6cc7ccccc7cc6o5)c34)c3ccc4oc5c6ccccc6ccc5c4c3)c2)cc1. The van der Waals surface area contributed by atoms with Crippen LogP contribution < -0.4 is 4.90 Å². The molecule has 3 heterocycles. The van der Waals surface area contributed by atoms with Crippen LogP contribution in [0.5, 0.6) is 0 Å². The summed E-state index contributed by atoms with van der Waals surface area (Å²) in [6.45, 7) is 0. The molecule has 0 bridgehead atoms. The number of benzene rings is 9. The zero-order valence-electron chi connectivity index (χ0n) is 29.9. The molecule has 0 aliphatic rings. The molecule has 12 aromatic rings. The maximum atomic E-state index is 6.65. The van der Waals surface area contributed by atoms with Gasteiger partial charge in [-0.05, 0) is 100 Å². The fraction of sp³-hybridized carbons (Fsp3) is 0. The molecule has 0 radical (unpaired) electrons. The van der Waals surface area contributed by atoms with Gasteiger partial charge in [0.15, 0.2) is 5.58 Å². The third-order valence-corrected chi connectivity index (χ3v) is 11.0. The summed E-state index contributed by atoms with van der Waals surface area (Å²) in [5.41, 5.74) is 11.1. The Balaban J connectivity index is 1.04. The Morgan fingerprint density at radius 1 is 0.375 bits per heavy atom. The van der Waals surface area contributed by atoms with Crippen LogP contribution in [-0.4, -0.2) is 4.98 Å². The molecule has 0 unspecified atom stereocenters. The van der Waals surface area contributed by atoms with E-state index in [0.717, 1.165) is 110 Å². The number of furan rings is 2. The van der Waals surface area contributed by atoms with E-state index in [-0.39, 0.29) is 0 Å². The number of hydrogen-bond donors (Lipinski definition) is 0. The fourth-order valence-electron chi connectivity index (χ4n) is 8.39. The highest BCUT2D eigenvalue weighted by Gasteiger charge is 2.21. The Bertz CT molecular complexity index is 3450. The zero-order valence-corrected chi connectivity index (χ0v) is 29.9. The lowest BCUT2D eigenvalue weighted by atomic mass is 10.0. The minimum absolute atomic E-state index is 0.570. The van der Waals surface area contributed by atoms with Gasteiger partial charge < -0.3 is 18.2 Å². The molecule has 56 heavy (non-hydrogen) atoms. The van der Waals surface area contributed by atoms with Gasteiger partial charge in [0, 0.05) is 55.6 Å². The first-order valence-corrected chi connectivity index (χ1v) is 18.8. The smallest absolute Gasteiger partial charge is 0.228 e. The molecular formula is C51H30N2O3. The van der Waals surface area contributed by atoms with Gasteiger partial charge in [0.25, 0.3) is 0 Å². The topological polar surface area (TPSA) is 55.6 Å². The Kier molecular flexibility index (Phi) is 6.56. The Morgan fingerprint density at radius 2 is 1.11 bits per heavy atom. The first-order valence-electron chi connectivity index (χ1n) is 18.8. The predicted molar refractivity (Wildman–Crippen MR) is 229 cm³/mol. The van der Waals surface area contributed by atoms with Crippen molar-refractivity contribution in [2.24, 2.45) is 0 Å². The van der Waals surface area contributed by atoms with E-state index in [9.17, 15) is 0 Å². The average molecular weight is 719 g/mol. The van der Waals surface area contributed by atoms with Crippen molar-refractivity contribution >= 4 is 93.6 Å². The summed E-state index contributed by atoms with van der Waals surface area (Å²) >= 11 is 0. The van der Waals surface area contributed by atoms with Gasteiger partial charge in [-0.1, -0.05) is 103 Å². The number of fused-ring (bicyclic) bond motifs is 10. The van der Waals surface area contributed by atoms with Crippen LogP contribution in [0.1, 0.15) is 0 Å². The summed E-state index contributed by atoms with van der Waals surface area (Å²) in [6, 6.07) is 63.4. The number of rotatable bonds is 5. The number of anilines is 3. The van der Waals surface area contributed by atoms with E-state index in [2.05, 4.69) is 157 Å². The van der Waals surface area contributed by atoms with E-state index in [4.69, 9.17) is 18.2 Å². The summed E-state index contributed by atoms with van der Waals surface area (Å²) < 4.78 is 19.6. The van der Waals surface area contributed by atoms with Crippen LogP contribution in [0.4, 0.5) is 17.1 Å². The molecule has 5 nitrogen and oxygen atoms in total. The predicted octanol–water partition coefficient (Wildman–Crippen LogP) is 14.7. The Hall–Kier alpha value is -7.63. The monoisotopic (exact) mass is 718 g/mol. The second kappa shape index (κ2) is 11.9. The molecule has 262 valence electrons. The number of nitrogens with zero attached hydrogens (tertiary/aromatic N) is 2. The minimum Gasteiger partial charge on any atom is -0.456 e. The molecule has 9 aromatic carbocycles. The Labute approximate surface area is 320 Å². The van der Waals surface area contributed by atoms with Crippen molar-refractivity contribution in [2.45, 2.75) is 0 Å². The number of aromatic nitrogens is 1. The molecule has 0 aliphatic heterocycles. The Morgan fingerprint density at radius 3 is 2.02 bits per heavy atom. The van der Waals surface area contributed by atoms with Gasteiger partial charge in [-0.25, -0.2) is 4.98 Å². The van der Waals surface area contributed by atoms with Crippen LogP contribution in [-0.2, 0) is 0 Å². The van der Waals surface area contributed by atoms with Crippen molar-refractivity contribution in [3.63, 3.8) is 0 Å². The first-order chi connectivity index (χ1) is 27.7. The first kappa shape index (κ1) is 30.8. The van der Waals surface area contributed by atoms with E-state index >= 15 is 0 Å². The van der Waals surface area contributed by atoms with Crippen LogP contribution in [0.25, 0.3) is 99.1 Å². The normalized spacial score (nSPS) is 11.9. The number of oxazole rings is 1. The lowest BCUT2D eigenvalue weighted by molar-refractivity contribution is 0.620. The molecule has 0 spiro atoms. The summed E-state index contributed by atoms with van der Waals surface area (Å²) in [5.74, 6) is 0.570. The molecule has 0 saturated carbocycles. The van der Waals surface area contributed by atoms with E-state index in [1.807, 2.05) is 30.3 Å². The standard InChI is InChI=1S/C51H30N2O3/c1-2-10-31(11-3-1)33-15-8-16-36(26-33)53(37-22-25-45-43(29-37)40-23-20-32-12-6-7-17-39(32)50(40)55-45)38-21-24-41-47(30-38)54-46-19-9-18-42(49(41)46)51-52-44-27-34-13-4-5-14-35(34)28-48(44)56-51/h1-30H. The van der Waals surface area contributed by atoms with E-state index in [1.54, 1.807) is 0 Å². The average Bonchev–Trinajstić information content (AvgIpc) is 3.96. The molecule has 5 heteroatoms. The minimum atomic E-state index is 0.570. The largest absolute Gasteiger partial charge is 0.456 e. The molecular weight excluding hydrogens is 689 g/mol. The summed E-state index contributed by atoms with van der Waals surface area (Å²) in [4.78, 5) is 7.26. The van der Waals surface area contributed by atoms with Crippen LogP contribution in [0, 0.1) is 0 Å². The molecule has 0 aliphatic carbocycles. The van der Waals surface area contributed by atoms with E-state index < -0.39 is 0 Å². The van der Waals surface area contributed by atoms with E-state index in [1.165, 1.54) is 0 Å². The molecule has 0 N–H and O–H groups in total. The maximum Gasteiger partial charge on any atom is 0.228 e. The van der Waals surface area contributed by atoms with E-state index in [0.29, 0.717) is 5.89 Å². The summed E-state index contributed by atoms with van der Waals surface area (Å²) in [5, 5.41) is 8.64. The third-order valence-electron chi connectivity index (χ3n) is 11.0. The molecule has 0 saturated heterocycles. The van der Waals surface area contributed by atoms with Crippen molar-refractivity contribution in [3.05, 3.63) is 182 Å². The second-order valence-electron chi connectivity index (χ2n) is 14.3. The molecule has 12 rings (SSSR count). The maximum absolute atomic E-state index is 6.65. The van der Waals surface area contributed by atoms with Crippen molar-refractivity contribution in [1.82, 2.24) is 4.98 Å². The van der Waals surface area contributed by atoms with Crippen molar-refractivity contribution in [1.29, 1.82) is 0 Å². The van der Waals surface area contributed by atoms with Crippen LogP contribution in [0.3, 0.4) is 0 Å². The molecule has 3 aromatic heterocycles. The van der Waals surface area contributed by atoms with Gasteiger partial charge in [0.1, 0.15) is 27.8 Å². The fourth-order valence-corrected chi connectivity index (χ4v) is 8.39. The molecule has 0 atom stereocenters. The van der Waals surface area contributed by atoms with Crippen molar-refractivity contribution in [3.8, 4) is 22.6 Å². The van der Waals surface area contributed by atoms with Gasteiger partial charge in [-0.15, -0.1) is 0 Å². The highest BCUT2D eigenvalue weighted by Crippen LogP contribution is 2.44. The summed E-state index contributed by atoms with van der Waals surface area (Å²) in [6.07, 6.45) is 0. The van der Waals surface area contributed by atoms with Gasteiger partial charge in [0.2, 0.25) is 5.89 Å². The highest BCUT2D eigenvalue weighted by atomic mass is 16.4. The van der Waals surface area contributed by atoms with Gasteiger partial charge in [-0.2, -0.15) is 0 Å². The second-order valence-corrected chi connectivity index (χ2v) is 14.3. The van der Waals surface area contributed by atoms with Gasteiger partial charge >= 0.3 is 0 Å². The summed E-state index contributed by atoms with van der Waals surface area (Å²) in [7, 11) is 0.